The smallest absolute Gasteiger partial charge is 0.457 e. The molecular weight excluding hydrogens is 1030 g/mol. The van der Waals surface area contributed by atoms with Crippen molar-refractivity contribution >= 4 is 68.2 Å². The Hall–Kier alpha value is -2.44. The second kappa shape index (κ2) is 24.3. The van der Waals surface area contributed by atoms with E-state index in [4.69, 9.17) is 41.7 Å². The first kappa shape index (κ1) is 69.6. The molecule has 4 heterocycles. The zero-order valence-corrected chi connectivity index (χ0v) is 50.2. The molecule has 74 heavy (non-hydrogen) atoms. The first-order chi connectivity index (χ1) is 32.3. The van der Waals surface area contributed by atoms with Gasteiger partial charge in [0, 0.05) is 34.6 Å². The Labute approximate surface area is 449 Å². The summed E-state index contributed by atoms with van der Waals surface area (Å²) in [6, 6.07) is -1.97. The minimum Gasteiger partial charge on any atom is -0.458 e. The van der Waals surface area contributed by atoms with Gasteiger partial charge < -0.3 is 42.7 Å². The number of carbonyl (C=O) groups is 4. The molecule has 20 nitrogen and oxygen atoms in total. The predicted molar refractivity (Wildman–Crippen MR) is 286 cm³/mol. The summed E-state index contributed by atoms with van der Waals surface area (Å²) in [5.74, 6) is -1.16. The number of aliphatic hydroxyl groups excluding tert-OH is 1. The van der Waals surface area contributed by atoms with E-state index < -0.39 is 118 Å². The van der Waals surface area contributed by atoms with Gasteiger partial charge in [-0.25, -0.2) is 27.6 Å². The van der Waals surface area contributed by atoms with Crippen molar-refractivity contribution in [1.29, 1.82) is 0 Å². The van der Waals surface area contributed by atoms with Crippen molar-refractivity contribution in [3.05, 3.63) is 0 Å². The van der Waals surface area contributed by atoms with E-state index in [-0.39, 0.29) is 40.8 Å². The highest BCUT2D eigenvalue weighted by atomic mass is 35.7. The summed E-state index contributed by atoms with van der Waals surface area (Å²) in [6.07, 6.45) is 3.91. The molecule has 4 atom stereocenters. The van der Waals surface area contributed by atoms with Gasteiger partial charge in [-0.2, -0.15) is 8.42 Å². The molecule has 1 N–H and O–H groups in total. The van der Waals surface area contributed by atoms with Crippen molar-refractivity contribution in [3.63, 3.8) is 0 Å². The number of ether oxygens (including phenoxy) is 4. The molecule has 0 bridgehead atoms. The van der Waals surface area contributed by atoms with Crippen molar-refractivity contribution in [1.82, 2.24) is 9.80 Å². The molecule has 0 aliphatic carbocycles. The van der Waals surface area contributed by atoms with Gasteiger partial charge in [0.2, 0.25) is 9.05 Å². The Bertz CT molecular complexity index is 2130. The highest BCUT2D eigenvalue weighted by Crippen LogP contribution is 2.48. The van der Waals surface area contributed by atoms with Crippen molar-refractivity contribution in [2.45, 2.75) is 241 Å². The van der Waals surface area contributed by atoms with E-state index in [1.165, 1.54) is 9.80 Å². The topological polar surface area (TPSA) is 246 Å². The maximum Gasteiger partial charge on any atom is 0.457 e. The number of aliphatic hydroxyl groups is 1. The number of carbonyl (C=O) groups excluding carboxylic acids is 4. The number of halogens is 1. The molecule has 0 aromatic heterocycles. The summed E-state index contributed by atoms with van der Waals surface area (Å²) >= 11 is 0. The summed E-state index contributed by atoms with van der Waals surface area (Å²) in [7, 11) is -3.27. The summed E-state index contributed by atoms with van der Waals surface area (Å²) in [5.41, 5.74) is -6.51. The number of nitrogens with zero attached hydrogens (tertiary/aromatic N) is 2. The summed E-state index contributed by atoms with van der Waals surface area (Å²) in [4.78, 5) is 54.7. The molecular formula is C49H93B2ClN2O18S2. The van der Waals surface area contributed by atoms with E-state index >= 15 is 0 Å². The monoisotopic (exact) mass is 1120 g/mol. The highest BCUT2D eigenvalue weighted by molar-refractivity contribution is 8.13. The quantitative estimate of drug-likeness (QED) is 0.0564. The number of amides is 2. The van der Waals surface area contributed by atoms with Crippen molar-refractivity contribution in [2.24, 2.45) is 10.8 Å². The van der Waals surface area contributed by atoms with E-state index in [1.54, 1.807) is 83.1 Å². The maximum atomic E-state index is 13.3. The molecule has 4 aliphatic heterocycles. The van der Waals surface area contributed by atoms with E-state index in [9.17, 15) is 41.1 Å². The first-order valence-electron chi connectivity index (χ1n) is 24.8. The minimum absolute atomic E-state index is 0. The zero-order valence-electron chi connectivity index (χ0n) is 47.9. The molecule has 0 saturated carbocycles. The molecule has 0 unspecified atom stereocenters. The molecule has 4 fully saturated rings. The molecule has 0 radical (unpaired) electrons. The normalized spacial score (nSPS) is 25.1. The second-order valence-corrected chi connectivity index (χ2v) is 30.5. The average molecular weight is 1120 g/mol. The molecule has 4 aliphatic rings. The lowest BCUT2D eigenvalue weighted by Crippen LogP contribution is -2.72. The van der Waals surface area contributed by atoms with Crippen molar-refractivity contribution in [3.8, 4) is 0 Å². The third-order valence-electron chi connectivity index (χ3n) is 13.0. The van der Waals surface area contributed by atoms with Crippen molar-refractivity contribution in [2.75, 3.05) is 38.8 Å². The molecule has 4 saturated heterocycles. The fourth-order valence-electron chi connectivity index (χ4n) is 8.40. The standard InChI is InChI=1S/C24H44BNO9S.C23H42BNO7.CH3ClO2S.CH4/c1-20(2,3)32-18(27)17-24(16-31-36(11,29)30,15-26(17)19(28)33-21(4,5)6)13-12-14-25-34-22(7,8)23(9,10)35-25;1-19(2,3)29-17(27)16-23(15-26,14-25(16)18(28)30-20(4,5)6)12-11-13-24-31-21(7,8)22(9,10)32-24;1-5(2,3)4;/h17H,12-16H2,1-11H3;16,26H,11-15H2,1-10H3;1H3;1H4/t17-,24-;16-,23-;;/m11../s1. The Balaban J connectivity index is 0.000000672. The Kier molecular flexibility index (Phi) is 22.8. The van der Waals surface area contributed by atoms with Crippen LogP contribution < -0.4 is 0 Å². The average Bonchev–Trinajstić information content (AvgIpc) is 3.43. The Morgan fingerprint density at radius 1 is 0.568 bits per heavy atom. The zero-order chi connectivity index (χ0) is 57.2. The van der Waals surface area contributed by atoms with Crippen LogP contribution in [0.4, 0.5) is 9.59 Å². The first-order valence-corrected chi connectivity index (χ1v) is 29.3. The highest BCUT2D eigenvalue weighted by Gasteiger charge is 2.62. The second-order valence-electron chi connectivity index (χ2n) is 25.8. The summed E-state index contributed by atoms with van der Waals surface area (Å²) in [6.45, 7) is 36.8. The van der Waals surface area contributed by atoms with E-state index in [0.29, 0.717) is 38.3 Å². The Morgan fingerprint density at radius 3 is 1.11 bits per heavy atom. The van der Waals surface area contributed by atoms with Gasteiger partial charge in [0.1, 0.15) is 34.5 Å². The van der Waals surface area contributed by atoms with Gasteiger partial charge in [-0.3, -0.25) is 14.0 Å². The van der Waals surface area contributed by atoms with Gasteiger partial charge >= 0.3 is 38.4 Å². The van der Waals surface area contributed by atoms with Crippen LogP contribution in [-0.2, 0) is 70.5 Å². The molecule has 0 aromatic rings. The van der Waals surface area contributed by atoms with Crippen LogP contribution in [0.3, 0.4) is 0 Å². The van der Waals surface area contributed by atoms with E-state index in [2.05, 4.69) is 10.7 Å². The molecule has 0 aromatic carbocycles. The minimum atomic E-state index is -3.79. The van der Waals surface area contributed by atoms with Crippen LogP contribution in [0.15, 0.2) is 0 Å². The molecule has 2 amide bonds. The lowest BCUT2D eigenvalue weighted by atomic mass is 9.67. The van der Waals surface area contributed by atoms with Crippen LogP contribution in [0.2, 0.25) is 12.6 Å². The molecule has 0 spiro atoms. The largest absolute Gasteiger partial charge is 0.458 e. The number of rotatable bonds is 14. The summed E-state index contributed by atoms with van der Waals surface area (Å²) < 4.78 is 94.2. The van der Waals surface area contributed by atoms with E-state index in [0.717, 1.165) is 12.5 Å². The molecule has 432 valence electrons. The van der Waals surface area contributed by atoms with Gasteiger partial charge in [0.25, 0.3) is 10.1 Å². The molecule has 4 rings (SSSR count). The number of esters is 2. The van der Waals surface area contributed by atoms with E-state index in [1.807, 2.05) is 55.4 Å². The maximum absolute atomic E-state index is 13.3. The lowest BCUT2D eigenvalue weighted by Gasteiger charge is -2.55. The van der Waals surface area contributed by atoms with Gasteiger partial charge in [-0.15, -0.1) is 0 Å². The van der Waals surface area contributed by atoms with Crippen molar-refractivity contribution < 1.29 is 82.9 Å². The predicted octanol–water partition coefficient (Wildman–Crippen LogP) is 8.40. The van der Waals surface area contributed by atoms with Gasteiger partial charge in [0.05, 0.1) is 48.1 Å². The number of hydrogen-bond donors (Lipinski definition) is 1. The number of likely N-dealkylation sites (tertiary alicyclic amines) is 2. The fraction of sp³-hybridized carbons (Fsp3) is 0.918. The SMILES string of the molecule is C.CC(C)(C)OC(=O)[C@H]1N(C(=O)OC(C)(C)C)C[C@@]1(CO)CCCB1OC(C)(C)C(C)(C)O1.CC(C)(C)OC(=O)[C@H]1N(C(=O)OC(C)(C)C)C[C@]1(CCCB1OC(C)(C)C(C)(C)O1)COS(C)(=O)=O.CS(=O)(=O)Cl. The van der Waals surface area contributed by atoms with Crippen LogP contribution in [0, 0.1) is 10.8 Å². The van der Waals surface area contributed by atoms with Crippen LogP contribution in [-0.4, -0.2) is 166 Å². The van der Waals surface area contributed by atoms with Gasteiger partial charge in [-0.1, -0.05) is 20.3 Å². The van der Waals surface area contributed by atoms with Crippen LogP contribution in [0.1, 0.15) is 172 Å². The number of hydrogen-bond acceptors (Lipinski definition) is 18. The fourth-order valence-corrected chi connectivity index (χ4v) is 8.85. The molecule has 25 heteroatoms. The third kappa shape index (κ3) is 20.7. The third-order valence-corrected chi connectivity index (χ3v) is 13.5. The van der Waals surface area contributed by atoms with Crippen LogP contribution in [0.25, 0.3) is 0 Å². The van der Waals surface area contributed by atoms with Gasteiger partial charge in [0.15, 0.2) is 0 Å². The van der Waals surface area contributed by atoms with Crippen LogP contribution >= 0.6 is 10.7 Å². The Morgan fingerprint density at radius 2 is 0.838 bits per heavy atom. The summed E-state index contributed by atoms with van der Waals surface area (Å²) in [5, 5.41) is 10.3. The van der Waals surface area contributed by atoms with Gasteiger partial charge in [-0.05, 0) is 164 Å². The lowest BCUT2D eigenvalue weighted by molar-refractivity contribution is -0.186. The van der Waals surface area contributed by atoms with Crippen LogP contribution in [0.5, 0.6) is 0 Å².